The van der Waals surface area contributed by atoms with E-state index >= 15 is 0 Å². The van der Waals surface area contributed by atoms with Crippen molar-refractivity contribution in [2.24, 2.45) is 5.14 Å². The van der Waals surface area contributed by atoms with Crippen LogP contribution in [0.25, 0.3) is 0 Å². The number of nitro groups is 1. The smallest absolute Gasteiger partial charge is 0.311 e. The van der Waals surface area contributed by atoms with Gasteiger partial charge in [0.1, 0.15) is 0 Å². The second-order valence-electron chi connectivity index (χ2n) is 4.85. The van der Waals surface area contributed by atoms with Gasteiger partial charge < -0.3 is 5.32 Å². The lowest BCUT2D eigenvalue weighted by atomic mass is 10.0. The van der Waals surface area contributed by atoms with Crippen molar-refractivity contribution in [3.8, 4) is 0 Å². The highest BCUT2D eigenvalue weighted by atomic mass is 32.2. The topological polar surface area (TPSA) is 128 Å². The van der Waals surface area contributed by atoms with Crippen molar-refractivity contribution in [2.75, 3.05) is 5.32 Å². The molecule has 0 aliphatic carbocycles. The molecule has 1 aromatic heterocycles. The van der Waals surface area contributed by atoms with Crippen LogP contribution >= 0.6 is 0 Å². The number of anilines is 1. The lowest BCUT2D eigenvalue weighted by Crippen LogP contribution is -2.15. The Morgan fingerprint density at radius 3 is 2.70 bits per heavy atom. The number of hydrogen-bond donors (Lipinski definition) is 2. The van der Waals surface area contributed by atoms with Gasteiger partial charge in [-0.1, -0.05) is 19.1 Å². The minimum atomic E-state index is -3.81. The summed E-state index contributed by atoms with van der Waals surface area (Å²) in [7, 11) is -3.81. The monoisotopic (exact) mass is 336 g/mol. The van der Waals surface area contributed by atoms with Gasteiger partial charge in [0.15, 0.2) is 0 Å². The second-order valence-corrected chi connectivity index (χ2v) is 6.41. The van der Waals surface area contributed by atoms with Crippen LogP contribution in [-0.2, 0) is 10.0 Å². The molecule has 0 amide bonds. The number of nitrogens with two attached hydrogens (primary N) is 1. The fourth-order valence-electron chi connectivity index (χ4n) is 2.15. The Morgan fingerprint density at radius 1 is 1.35 bits per heavy atom. The molecule has 0 saturated heterocycles. The van der Waals surface area contributed by atoms with Gasteiger partial charge in [-0.25, -0.2) is 18.5 Å². The fourth-order valence-corrected chi connectivity index (χ4v) is 2.72. The number of nitrogens with one attached hydrogen (secondary N) is 1. The highest BCUT2D eigenvalue weighted by molar-refractivity contribution is 7.89. The van der Waals surface area contributed by atoms with Gasteiger partial charge in [-0.15, -0.1) is 0 Å². The molecule has 9 heteroatoms. The molecule has 1 heterocycles. The standard InChI is InChI=1S/C14H16N4O4S/c1-2-12(10-5-3-6-11(9-10)23(15,21)22)17-14-13(18(19)20)7-4-8-16-14/h3-9,12H,2H2,1H3,(H,16,17)(H2,15,21,22). The van der Waals surface area contributed by atoms with E-state index in [1.54, 1.807) is 12.1 Å². The molecule has 23 heavy (non-hydrogen) atoms. The number of hydrogen-bond acceptors (Lipinski definition) is 6. The van der Waals surface area contributed by atoms with E-state index in [1.165, 1.54) is 30.5 Å². The van der Waals surface area contributed by atoms with Gasteiger partial charge >= 0.3 is 5.69 Å². The van der Waals surface area contributed by atoms with Gasteiger partial charge in [-0.2, -0.15) is 0 Å². The molecule has 8 nitrogen and oxygen atoms in total. The molecule has 0 saturated carbocycles. The molecule has 0 aliphatic heterocycles. The van der Waals surface area contributed by atoms with Gasteiger partial charge in [-0.05, 0) is 30.2 Å². The van der Waals surface area contributed by atoms with E-state index in [9.17, 15) is 18.5 Å². The van der Waals surface area contributed by atoms with E-state index in [0.29, 0.717) is 12.0 Å². The summed E-state index contributed by atoms with van der Waals surface area (Å²) in [6.07, 6.45) is 2.02. The summed E-state index contributed by atoms with van der Waals surface area (Å²) in [6, 6.07) is 8.64. The molecule has 2 rings (SSSR count). The first-order chi connectivity index (χ1) is 10.8. The van der Waals surface area contributed by atoms with Crippen LogP contribution in [-0.4, -0.2) is 18.3 Å². The molecule has 0 fully saturated rings. The Balaban J connectivity index is 2.37. The number of aromatic nitrogens is 1. The number of primary sulfonamides is 1. The average Bonchev–Trinajstić information content (AvgIpc) is 2.52. The molecule has 1 atom stereocenters. The number of nitrogens with zero attached hydrogens (tertiary/aromatic N) is 2. The Hall–Kier alpha value is -2.52. The summed E-state index contributed by atoms with van der Waals surface area (Å²) in [6.45, 7) is 1.87. The minimum Gasteiger partial charge on any atom is -0.358 e. The molecular weight excluding hydrogens is 320 g/mol. The summed E-state index contributed by atoms with van der Waals surface area (Å²) in [5, 5.41) is 19.2. The number of rotatable bonds is 6. The Morgan fingerprint density at radius 2 is 2.09 bits per heavy atom. The molecule has 122 valence electrons. The van der Waals surface area contributed by atoms with E-state index in [2.05, 4.69) is 10.3 Å². The van der Waals surface area contributed by atoms with Gasteiger partial charge in [0.05, 0.1) is 15.9 Å². The van der Waals surface area contributed by atoms with Crippen LogP contribution in [0.4, 0.5) is 11.5 Å². The summed E-state index contributed by atoms with van der Waals surface area (Å²) >= 11 is 0. The zero-order valence-electron chi connectivity index (χ0n) is 12.3. The van der Waals surface area contributed by atoms with Gasteiger partial charge in [0.25, 0.3) is 0 Å². The zero-order chi connectivity index (χ0) is 17.0. The Bertz CT molecular complexity index is 823. The number of sulfonamides is 1. The molecule has 0 radical (unpaired) electrons. The quantitative estimate of drug-likeness (QED) is 0.614. The van der Waals surface area contributed by atoms with E-state index in [1.807, 2.05) is 6.92 Å². The summed E-state index contributed by atoms with van der Waals surface area (Å²) in [4.78, 5) is 14.5. The average molecular weight is 336 g/mol. The fraction of sp³-hybridized carbons (Fsp3) is 0.214. The van der Waals surface area contributed by atoms with Gasteiger partial charge in [0, 0.05) is 12.3 Å². The van der Waals surface area contributed by atoms with Crippen molar-refractivity contribution in [3.63, 3.8) is 0 Å². The molecule has 0 bridgehead atoms. The molecule has 0 aliphatic rings. The maximum absolute atomic E-state index is 11.5. The van der Waals surface area contributed by atoms with Gasteiger partial charge in [0.2, 0.25) is 15.8 Å². The lowest BCUT2D eigenvalue weighted by Gasteiger charge is -2.18. The third-order valence-electron chi connectivity index (χ3n) is 3.29. The number of pyridine rings is 1. The molecule has 1 unspecified atom stereocenters. The normalized spacial score (nSPS) is 12.6. The second kappa shape index (κ2) is 6.71. The Kier molecular flexibility index (Phi) is 4.92. The van der Waals surface area contributed by atoms with Crippen molar-refractivity contribution in [1.29, 1.82) is 0 Å². The summed E-state index contributed by atoms with van der Waals surface area (Å²) in [5.41, 5.74) is 0.507. The molecule has 1 aromatic carbocycles. The van der Waals surface area contributed by atoms with E-state index < -0.39 is 14.9 Å². The maximum atomic E-state index is 11.5. The van der Waals surface area contributed by atoms with E-state index in [0.717, 1.165) is 0 Å². The van der Waals surface area contributed by atoms with Crippen LogP contribution in [0, 0.1) is 10.1 Å². The van der Waals surface area contributed by atoms with Crippen LogP contribution in [0.1, 0.15) is 24.9 Å². The molecule has 3 N–H and O–H groups in total. The molecule has 2 aromatic rings. The van der Waals surface area contributed by atoms with Crippen molar-refractivity contribution in [3.05, 3.63) is 58.3 Å². The number of benzene rings is 1. The van der Waals surface area contributed by atoms with Crippen LogP contribution in [0.15, 0.2) is 47.5 Å². The lowest BCUT2D eigenvalue weighted by molar-refractivity contribution is -0.384. The van der Waals surface area contributed by atoms with Crippen LogP contribution in [0.2, 0.25) is 0 Å². The minimum absolute atomic E-state index is 0.00855. The van der Waals surface area contributed by atoms with Gasteiger partial charge in [-0.3, -0.25) is 10.1 Å². The first-order valence-corrected chi connectivity index (χ1v) is 8.36. The Labute approximate surface area is 133 Å². The predicted molar refractivity (Wildman–Crippen MR) is 85.4 cm³/mol. The maximum Gasteiger partial charge on any atom is 0.311 e. The summed E-state index contributed by atoms with van der Waals surface area (Å²) in [5.74, 6) is 0.130. The molecule has 0 spiro atoms. The van der Waals surface area contributed by atoms with Crippen molar-refractivity contribution in [2.45, 2.75) is 24.3 Å². The molecular formula is C14H16N4O4S. The third-order valence-corrected chi connectivity index (χ3v) is 4.20. The highest BCUT2D eigenvalue weighted by Gasteiger charge is 2.19. The third kappa shape index (κ3) is 4.02. The zero-order valence-corrected chi connectivity index (χ0v) is 13.2. The van der Waals surface area contributed by atoms with Crippen LogP contribution in [0.3, 0.4) is 0 Å². The first-order valence-electron chi connectivity index (χ1n) is 6.81. The van der Waals surface area contributed by atoms with Crippen molar-refractivity contribution < 1.29 is 13.3 Å². The SMILES string of the molecule is CCC(Nc1ncccc1[N+](=O)[O-])c1cccc(S(N)(=O)=O)c1. The first kappa shape index (κ1) is 16.8. The van der Waals surface area contributed by atoms with Crippen LogP contribution in [0.5, 0.6) is 0 Å². The van der Waals surface area contributed by atoms with Crippen LogP contribution < -0.4 is 10.5 Å². The van der Waals surface area contributed by atoms with Crippen molar-refractivity contribution in [1.82, 2.24) is 4.98 Å². The van der Waals surface area contributed by atoms with E-state index in [-0.39, 0.29) is 22.4 Å². The van der Waals surface area contributed by atoms with E-state index in [4.69, 9.17) is 5.14 Å². The summed E-state index contributed by atoms with van der Waals surface area (Å²) < 4.78 is 22.9. The highest BCUT2D eigenvalue weighted by Crippen LogP contribution is 2.28. The largest absolute Gasteiger partial charge is 0.358 e. The predicted octanol–water partition coefficient (Wildman–Crippen LogP) is 2.20. The van der Waals surface area contributed by atoms with Crippen molar-refractivity contribution >= 4 is 21.5 Å².